The molecule has 1 N–H and O–H groups in total. The summed E-state index contributed by atoms with van der Waals surface area (Å²) >= 11 is 1.01. The van der Waals surface area contributed by atoms with E-state index < -0.39 is 0 Å². The van der Waals surface area contributed by atoms with Crippen LogP contribution >= 0.6 is 11.8 Å². The first-order chi connectivity index (χ1) is 8.66. The van der Waals surface area contributed by atoms with Gasteiger partial charge in [-0.2, -0.15) is 0 Å². The minimum absolute atomic E-state index is 0.00634. The average molecular weight is 263 g/mol. The normalized spacial score (nSPS) is 14.0. The van der Waals surface area contributed by atoms with E-state index in [1.54, 1.807) is 12.1 Å². The molecular formula is C12H9NO4S. The number of benzene rings is 1. The summed E-state index contributed by atoms with van der Waals surface area (Å²) in [5.74, 6) is 0.105. The summed E-state index contributed by atoms with van der Waals surface area (Å²) in [6.45, 7) is 0. The Morgan fingerprint density at radius 3 is 2.44 bits per heavy atom. The fourth-order valence-electron chi connectivity index (χ4n) is 1.35. The van der Waals surface area contributed by atoms with Gasteiger partial charge in [-0.15, -0.1) is 0 Å². The van der Waals surface area contributed by atoms with Crippen LogP contribution in [0.15, 0.2) is 45.8 Å². The zero-order valence-corrected chi connectivity index (χ0v) is 10.0. The van der Waals surface area contributed by atoms with Gasteiger partial charge in [-0.25, -0.2) is 0 Å². The van der Waals surface area contributed by atoms with Crippen LogP contribution in [0.1, 0.15) is 0 Å². The summed E-state index contributed by atoms with van der Waals surface area (Å²) in [6, 6.07) is 8.60. The highest BCUT2D eigenvalue weighted by Crippen LogP contribution is 2.07. The quantitative estimate of drug-likeness (QED) is 0.783. The molecule has 0 bridgehead atoms. The van der Waals surface area contributed by atoms with Crippen molar-refractivity contribution in [3.8, 4) is 0 Å². The molecule has 1 saturated heterocycles. The monoisotopic (exact) mass is 263 g/mol. The molecule has 0 saturated carbocycles. The van der Waals surface area contributed by atoms with E-state index in [4.69, 9.17) is 4.42 Å². The molecule has 1 fully saturated rings. The molecule has 5 nitrogen and oxygen atoms in total. The zero-order valence-electron chi connectivity index (χ0n) is 9.21. The maximum absolute atomic E-state index is 11.1. The number of para-hydroxylation sites is 1. The van der Waals surface area contributed by atoms with E-state index in [0.717, 1.165) is 11.8 Å². The number of hydrogen-bond acceptors (Lipinski definition) is 5. The zero-order chi connectivity index (χ0) is 13.0. The minimum Gasteiger partial charge on any atom is -0.464 e. The number of carbonyl (C=O) groups is 2. The molecule has 2 aromatic rings. The van der Waals surface area contributed by atoms with Crippen LogP contribution in [0.25, 0.3) is 11.0 Å². The van der Waals surface area contributed by atoms with E-state index in [9.17, 15) is 14.4 Å². The summed E-state index contributed by atoms with van der Waals surface area (Å²) in [6.07, 6.45) is 1.41. The first-order valence-corrected chi connectivity index (χ1v) is 6.08. The highest BCUT2D eigenvalue weighted by atomic mass is 32.2. The molecule has 0 radical (unpaired) electrons. The standard InChI is InChI=1S/C9H6O2.C3H3NO2S/c10-8-5-6-11-9-4-2-1-3-7(8)9;5-2-1-7-3(6)4-2/h1-6H;1H2,(H,4,5,6). The van der Waals surface area contributed by atoms with E-state index in [-0.39, 0.29) is 16.6 Å². The third-order valence-corrected chi connectivity index (χ3v) is 2.91. The Bertz CT molecular complexity index is 630. The SMILES string of the molecule is O=C1CSC(=O)N1.O=c1ccoc2ccccc12. The van der Waals surface area contributed by atoms with Crippen molar-refractivity contribution in [2.75, 3.05) is 5.75 Å². The molecule has 0 spiro atoms. The molecule has 0 unspecified atom stereocenters. The molecule has 0 aliphatic carbocycles. The minimum atomic E-state index is -0.231. The lowest BCUT2D eigenvalue weighted by Crippen LogP contribution is -2.18. The molecule has 2 heterocycles. The summed E-state index contributed by atoms with van der Waals surface area (Å²) in [5, 5.41) is 2.50. The molecule has 3 rings (SSSR count). The molecule has 1 aromatic carbocycles. The van der Waals surface area contributed by atoms with Gasteiger partial charge in [-0.05, 0) is 12.1 Å². The number of amides is 2. The summed E-state index contributed by atoms with van der Waals surface area (Å²) in [5.41, 5.74) is 0.645. The van der Waals surface area contributed by atoms with E-state index in [0.29, 0.717) is 16.7 Å². The lowest BCUT2D eigenvalue weighted by atomic mass is 10.2. The predicted octanol–water partition coefficient (Wildman–Crippen LogP) is 1.76. The van der Waals surface area contributed by atoms with Gasteiger partial charge < -0.3 is 4.42 Å². The molecular weight excluding hydrogens is 254 g/mol. The van der Waals surface area contributed by atoms with Crippen LogP contribution in [0, 0.1) is 0 Å². The fourth-order valence-corrected chi connectivity index (χ4v) is 1.87. The second-order valence-corrected chi connectivity index (χ2v) is 4.35. The third kappa shape index (κ3) is 2.98. The van der Waals surface area contributed by atoms with Crippen molar-refractivity contribution in [3.05, 3.63) is 46.8 Å². The van der Waals surface area contributed by atoms with Crippen LogP contribution in [0.4, 0.5) is 4.79 Å². The maximum atomic E-state index is 11.1. The van der Waals surface area contributed by atoms with E-state index in [1.165, 1.54) is 12.3 Å². The molecule has 1 aromatic heterocycles. The van der Waals surface area contributed by atoms with Crippen LogP contribution in [0.3, 0.4) is 0 Å². The number of rotatable bonds is 0. The number of hydrogen-bond donors (Lipinski definition) is 1. The van der Waals surface area contributed by atoms with Crippen molar-refractivity contribution in [2.45, 2.75) is 0 Å². The van der Waals surface area contributed by atoms with Crippen LogP contribution in [-0.4, -0.2) is 16.9 Å². The Morgan fingerprint density at radius 2 is 1.89 bits per heavy atom. The first-order valence-electron chi connectivity index (χ1n) is 5.10. The topological polar surface area (TPSA) is 76.4 Å². The molecule has 1 aliphatic heterocycles. The Balaban J connectivity index is 0.000000149. The highest BCUT2D eigenvalue weighted by Gasteiger charge is 2.16. The van der Waals surface area contributed by atoms with Gasteiger partial charge in [0, 0.05) is 6.07 Å². The smallest absolute Gasteiger partial charge is 0.286 e. The van der Waals surface area contributed by atoms with Crippen LogP contribution < -0.4 is 10.7 Å². The number of imide groups is 1. The predicted molar refractivity (Wildman–Crippen MR) is 68.5 cm³/mol. The van der Waals surface area contributed by atoms with Gasteiger partial charge in [0.05, 0.1) is 17.4 Å². The largest absolute Gasteiger partial charge is 0.464 e. The molecule has 6 heteroatoms. The van der Waals surface area contributed by atoms with Gasteiger partial charge in [0.1, 0.15) is 5.58 Å². The Hall–Kier alpha value is -2.08. The Labute approximate surface area is 106 Å². The van der Waals surface area contributed by atoms with Crippen molar-refractivity contribution in [2.24, 2.45) is 0 Å². The van der Waals surface area contributed by atoms with Crippen molar-refractivity contribution in [1.29, 1.82) is 0 Å². The van der Waals surface area contributed by atoms with Crippen molar-refractivity contribution in [1.82, 2.24) is 5.32 Å². The molecule has 92 valence electrons. The average Bonchev–Trinajstić information content (AvgIpc) is 2.75. The van der Waals surface area contributed by atoms with E-state index in [2.05, 4.69) is 5.32 Å². The van der Waals surface area contributed by atoms with Crippen molar-refractivity contribution < 1.29 is 14.0 Å². The van der Waals surface area contributed by atoms with Gasteiger partial charge in [0.2, 0.25) is 5.91 Å². The van der Waals surface area contributed by atoms with Gasteiger partial charge in [-0.1, -0.05) is 23.9 Å². The summed E-state index contributed by atoms with van der Waals surface area (Å²) in [7, 11) is 0. The summed E-state index contributed by atoms with van der Waals surface area (Å²) < 4.78 is 5.09. The van der Waals surface area contributed by atoms with Crippen LogP contribution in [0.5, 0.6) is 0 Å². The number of fused-ring (bicyclic) bond motifs is 1. The van der Waals surface area contributed by atoms with Crippen molar-refractivity contribution in [3.63, 3.8) is 0 Å². The lowest BCUT2D eigenvalue weighted by Gasteiger charge is -1.91. The first kappa shape index (κ1) is 12.4. The van der Waals surface area contributed by atoms with Gasteiger partial charge in [0.25, 0.3) is 5.24 Å². The molecule has 0 atom stereocenters. The summed E-state index contributed by atoms with van der Waals surface area (Å²) in [4.78, 5) is 31.3. The Morgan fingerprint density at radius 1 is 1.11 bits per heavy atom. The number of thioether (sulfide) groups is 1. The van der Waals surface area contributed by atoms with Gasteiger partial charge >= 0.3 is 0 Å². The van der Waals surface area contributed by atoms with Gasteiger partial charge in [0.15, 0.2) is 5.43 Å². The van der Waals surface area contributed by atoms with Gasteiger partial charge in [-0.3, -0.25) is 19.7 Å². The number of nitrogens with one attached hydrogen (secondary N) is 1. The number of carbonyl (C=O) groups excluding carboxylic acids is 2. The fraction of sp³-hybridized carbons (Fsp3) is 0.0833. The van der Waals surface area contributed by atoms with E-state index >= 15 is 0 Å². The third-order valence-electron chi connectivity index (χ3n) is 2.14. The maximum Gasteiger partial charge on any atom is 0.286 e. The lowest BCUT2D eigenvalue weighted by molar-refractivity contribution is -0.117. The molecule has 2 amide bonds. The molecule has 18 heavy (non-hydrogen) atoms. The van der Waals surface area contributed by atoms with E-state index in [1.807, 2.05) is 12.1 Å². The molecule has 1 aliphatic rings. The van der Waals surface area contributed by atoms with Crippen molar-refractivity contribution >= 4 is 33.9 Å². The highest BCUT2D eigenvalue weighted by molar-refractivity contribution is 8.14. The second kappa shape index (κ2) is 5.50. The van der Waals surface area contributed by atoms with Crippen LogP contribution in [-0.2, 0) is 4.79 Å². The Kier molecular flexibility index (Phi) is 3.78. The second-order valence-electron chi connectivity index (χ2n) is 3.41. The van der Waals surface area contributed by atoms with Crippen LogP contribution in [0.2, 0.25) is 0 Å².